The maximum absolute atomic E-state index is 11.3. The van der Waals surface area contributed by atoms with E-state index < -0.39 is 6.10 Å². The van der Waals surface area contributed by atoms with Gasteiger partial charge in [0.25, 0.3) is 0 Å². The lowest BCUT2D eigenvalue weighted by Crippen LogP contribution is -2.13. The minimum absolute atomic E-state index is 0.0357. The van der Waals surface area contributed by atoms with Crippen molar-refractivity contribution in [2.75, 3.05) is 13.2 Å². The molecule has 1 atom stereocenters. The van der Waals surface area contributed by atoms with Crippen LogP contribution < -0.4 is 0 Å². The van der Waals surface area contributed by atoms with Crippen molar-refractivity contribution in [1.29, 1.82) is 0 Å². The molecule has 1 unspecified atom stereocenters. The summed E-state index contributed by atoms with van der Waals surface area (Å²) < 4.78 is 5.01. The second-order valence-electron chi connectivity index (χ2n) is 5.04. The minimum Gasteiger partial charge on any atom is -0.466 e. The summed E-state index contributed by atoms with van der Waals surface area (Å²) in [7, 11) is 0. The molecule has 0 amide bonds. The van der Waals surface area contributed by atoms with Crippen LogP contribution in [0.2, 0.25) is 0 Å². The Kier molecular flexibility index (Phi) is 13.2. The third kappa shape index (κ3) is 15.9. The Morgan fingerprint density at radius 2 is 1.87 bits per heavy atom. The average molecular weight is 316 g/mol. The quantitative estimate of drug-likeness (QED) is 0.408. The van der Waals surface area contributed by atoms with E-state index in [0.29, 0.717) is 12.8 Å². The molecule has 0 aromatic rings. The molecular formula is C19H24O4. The monoisotopic (exact) mass is 316 g/mol. The summed E-state index contributed by atoms with van der Waals surface area (Å²) in [6.07, 6.45) is 9.72. The average Bonchev–Trinajstić information content (AvgIpc) is 2.48. The van der Waals surface area contributed by atoms with Crippen LogP contribution in [-0.4, -0.2) is 35.5 Å². The van der Waals surface area contributed by atoms with E-state index in [1.165, 1.54) is 12.2 Å². The van der Waals surface area contributed by atoms with E-state index in [4.69, 9.17) is 9.84 Å². The van der Waals surface area contributed by atoms with Crippen LogP contribution in [0.5, 0.6) is 0 Å². The number of rotatable bonds is 8. The second kappa shape index (κ2) is 14.7. The Bertz CT molecular complexity index is 533. The summed E-state index contributed by atoms with van der Waals surface area (Å²) in [6, 6.07) is 0. The number of esters is 1. The topological polar surface area (TPSA) is 66.8 Å². The van der Waals surface area contributed by atoms with E-state index in [2.05, 4.69) is 23.7 Å². The Morgan fingerprint density at radius 3 is 2.52 bits per heavy atom. The van der Waals surface area contributed by atoms with Gasteiger partial charge in [-0.25, -0.2) is 0 Å². The molecular weight excluding hydrogens is 292 g/mol. The number of hydrogen-bond donors (Lipinski definition) is 2. The van der Waals surface area contributed by atoms with Gasteiger partial charge in [0.1, 0.15) is 0 Å². The molecule has 4 heteroatoms. The van der Waals surface area contributed by atoms with E-state index in [1.54, 1.807) is 24.3 Å². The second-order valence-corrected chi connectivity index (χ2v) is 5.04. The first-order valence-corrected chi connectivity index (χ1v) is 7.50. The fraction of sp³-hybridized carbons (Fsp3) is 0.421. The summed E-state index contributed by atoms with van der Waals surface area (Å²) in [4.78, 5) is 11.3. The third-order valence-electron chi connectivity index (χ3n) is 2.39. The van der Waals surface area contributed by atoms with E-state index in [-0.39, 0.29) is 25.1 Å². The molecule has 0 aliphatic rings. The first-order valence-electron chi connectivity index (χ1n) is 7.50. The molecule has 0 aromatic carbocycles. The Morgan fingerprint density at radius 1 is 1.17 bits per heavy atom. The Balaban J connectivity index is 3.91. The largest absolute Gasteiger partial charge is 0.466 e. The van der Waals surface area contributed by atoms with Gasteiger partial charge in [-0.2, -0.15) is 0 Å². The molecule has 0 aliphatic carbocycles. The van der Waals surface area contributed by atoms with E-state index >= 15 is 0 Å². The summed E-state index contributed by atoms with van der Waals surface area (Å²) >= 11 is 0. The minimum atomic E-state index is -0.664. The molecule has 0 spiro atoms. The molecule has 0 aromatic heterocycles. The highest BCUT2D eigenvalue weighted by Gasteiger charge is 2.06. The Labute approximate surface area is 138 Å². The van der Waals surface area contributed by atoms with Crippen LogP contribution in [0.1, 0.15) is 26.7 Å². The maximum atomic E-state index is 11.3. The molecule has 23 heavy (non-hydrogen) atoms. The number of allylic oxidation sites excluding steroid dienone is 4. The van der Waals surface area contributed by atoms with E-state index in [1.807, 2.05) is 13.8 Å². The zero-order valence-electron chi connectivity index (χ0n) is 13.7. The van der Waals surface area contributed by atoms with Crippen LogP contribution in [0.15, 0.2) is 36.5 Å². The molecule has 0 radical (unpaired) electrons. The van der Waals surface area contributed by atoms with Gasteiger partial charge in [0, 0.05) is 12.8 Å². The Hall–Kier alpha value is -2.27. The van der Waals surface area contributed by atoms with Crippen LogP contribution in [0.3, 0.4) is 0 Å². The lowest BCUT2D eigenvalue weighted by atomic mass is 10.1. The van der Waals surface area contributed by atoms with Gasteiger partial charge in [-0.1, -0.05) is 50.0 Å². The number of aliphatic hydroxyl groups is 2. The lowest BCUT2D eigenvalue weighted by molar-refractivity contribution is -0.144. The fourth-order valence-electron chi connectivity index (χ4n) is 1.35. The molecule has 0 saturated heterocycles. The van der Waals surface area contributed by atoms with Gasteiger partial charge in [-0.3, -0.25) is 4.79 Å². The number of carbonyl (C=O) groups is 1. The summed E-state index contributed by atoms with van der Waals surface area (Å²) in [5, 5.41) is 18.1. The molecule has 0 bridgehead atoms. The fourth-order valence-corrected chi connectivity index (χ4v) is 1.35. The van der Waals surface area contributed by atoms with Gasteiger partial charge in [0.2, 0.25) is 0 Å². The predicted molar refractivity (Wildman–Crippen MR) is 91.1 cm³/mol. The first kappa shape index (κ1) is 20.7. The molecule has 0 fully saturated rings. The van der Waals surface area contributed by atoms with Crippen LogP contribution >= 0.6 is 0 Å². The highest BCUT2D eigenvalue weighted by Crippen LogP contribution is 2.02. The molecule has 0 rings (SSSR count). The van der Waals surface area contributed by atoms with Crippen LogP contribution in [0.25, 0.3) is 0 Å². The molecule has 0 heterocycles. The van der Waals surface area contributed by atoms with Gasteiger partial charge in [-0.15, -0.1) is 0 Å². The smallest absolute Gasteiger partial charge is 0.306 e. The number of aliphatic hydroxyl groups excluding tert-OH is 2. The van der Waals surface area contributed by atoms with Crippen molar-refractivity contribution in [3.05, 3.63) is 36.5 Å². The third-order valence-corrected chi connectivity index (χ3v) is 2.39. The van der Waals surface area contributed by atoms with E-state index in [0.717, 1.165) is 0 Å². The number of carbonyl (C=O) groups excluding carboxylic acids is 1. The predicted octanol–water partition coefficient (Wildman–Crippen LogP) is 1.99. The van der Waals surface area contributed by atoms with Crippen molar-refractivity contribution in [2.45, 2.75) is 32.8 Å². The standard InChI is InChI=1S/C19H24O4/c1-17(2)16-19(22)23-15-13-18(21)12-10-8-6-4-3-5-7-9-11-14-20/h6,8-12,17-18,20-21H,13-16H2,1-2H3. The van der Waals surface area contributed by atoms with Crippen molar-refractivity contribution >= 4 is 5.97 Å². The van der Waals surface area contributed by atoms with E-state index in [9.17, 15) is 9.90 Å². The molecule has 2 N–H and O–H groups in total. The zero-order chi connectivity index (χ0) is 17.3. The highest BCUT2D eigenvalue weighted by atomic mass is 16.5. The summed E-state index contributed by atoms with van der Waals surface area (Å²) in [5.74, 6) is 10.6. The van der Waals surface area contributed by atoms with Gasteiger partial charge in [0.05, 0.1) is 19.3 Å². The van der Waals surface area contributed by atoms with Gasteiger partial charge in [0.15, 0.2) is 0 Å². The highest BCUT2D eigenvalue weighted by molar-refractivity contribution is 5.69. The van der Waals surface area contributed by atoms with Crippen molar-refractivity contribution in [3.8, 4) is 23.7 Å². The van der Waals surface area contributed by atoms with Crippen LogP contribution in [-0.2, 0) is 9.53 Å². The number of ether oxygens (including phenoxy) is 1. The van der Waals surface area contributed by atoms with Crippen molar-refractivity contribution < 1.29 is 19.7 Å². The number of hydrogen-bond acceptors (Lipinski definition) is 4. The first-order chi connectivity index (χ1) is 11.1. The molecule has 4 nitrogen and oxygen atoms in total. The van der Waals surface area contributed by atoms with Crippen molar-refractivity contribution in [1.82, 2.24) is 0 Å². The van der Waals surface area contributed by atoms with Gasteiger partial charge in [-0.05, 0) is 29.9 Å². The lowest BCUT2D eigenvalue weighted by Gasteiger charge is -2.08. The van der Waals surface area contributed by atoms with Crippen LogP contribution in [0.4, 0.5) is 0 Å². The van der Waals surface area contributed by atoms with Gasteiger partial charge < -0.3 is 14.9 Å². The SMILES string of the molecule is CC(C)CC(=O)OCCC(O)C=CC=CC#CC#CC=CCO. The molecule has 124 valence electrons. The summed E-state index contributed by atoms with van der Waals surface area (Å²) in [5.41, 5.74) is 0. The van der Waals surface area contributed by atoms with Gasteiger partial charge >= 0.3 is 5.97 Å². The normalized spacial score (nSPS) is 12.2. The zero-order valence-corrected chi connectivity index (χ0v) is 13.7. The van der Waals surface area contributed by atoms with Crippen molar-refractivity contribution in [2.24, 2.45) is 5.92 Å². The maximum Gasteiger partial charge on any atom is 0.306 e. The summed E-state index contributed by atoms with van der Waals surface area (Å²) in [6.45, 7) is 4.07. The molecule has 0 aliphatic heterocycles. The van der Waals surface area contributed by atoms with Crippen LogP contribution in [0, 0.1) is 29.6 Å². The van der Waals surface area contributed by atoms with Crippen molar-refractivity contribution in [3.63, 3.8) is 0 Å². The molecule has 0 saturated carbocycles.